The van der Waals surface area contributed by atoms with Gasteiger partial charge in [0.05, 0.1) is 6.04 Å². The lowest BCUT2D eigenvalue weighted by Gasteiger charge is -2.26. The van der Waals surface area contributed by atoms with Gasteiger partial charge in [-0.05, 0) is 23.6 Å². The summed E-state index contributed by atoms with van der Waals surface area (Å²) in [6.45, 7) is 7.88. The molecule has 2 nitrogen and oxygen atoms in total. The Balaban J connectivity index is 2.41. The maximum Gasteiger partial charge on any atom is 0.226 e. The van der Waals surface area contributed by atoms with Crippen LogP contribution in [0.2, 0.25) is 0 Å². The molecule has 110 valence electrons. The number of carbonyl (C=O) groups is 1. The summed E-state index contributed by atoms with van der Waals surface area (Å²) in [4.78, 5) is 12.4. The SMILES string of the molecule is Cc1ccccc1[C@H](NC(=O)C(C)(C)C)c1ccccc1. The predicted molar refractivity (Wildman–Crippen MR) is 87.1 cm³/mol. The van der Waals surface area contributed by atoms with E-state index in [9.17, 15) is 4.79 Å². The third-order valence-corrected chi connectivity index (χ3v) is 3.59. The Morgan fingerprint density at radius 2 is 1.52 bits per heavy atom. The Labute approximate surface area is 127 Å². The molecule has 1 atom stereocenters. The molecule has 21 heavy (non-hydrogen) atoms. The molecular weight excluding hydrogens is 258 g/mol. The average Bonchev–Trinajstić information content (AvgIpc) is 2.45. The van der Waals surface area contributed by atoms with Crippen molar-refractivity contribution in [2.45, 2.75) is 33.7 Å². The van der Waals surface area contributed by atoms with Gasteiger partial charge < -0.3 is 5.32 Å². The molecular formula is C19H23NO. The van der Waals surface area contributed by atoms with Gasteiger partial charge >= 0.3 is 0 Å². The van der Waals surface area contributed by atoms with Crippen molar-refractivity contribution in [2.75, 3.05) is 0 Å². The first-order valence-corrected chi connectivity index (χ1v) is 7.31. The molecule has 1 amide bonds. The second kappa shape index (κ2) is 6.13. The average molecular weight is 281 g/mol. The molecule has 0 radical (unpaired) electrons. The number of hydrogen-bond donors (Lipinski definition) is 1. The van der Waals surface area contributed by atoms with E-state index in [1.165, 1.54) is 5.56 Å². The van der Waals surface area contributed by atoms with Crippen LogP contribution in [-0.2, 0) is 4.79 Å². The first-order valence-electron chi connectivity index (χ1n) is 7.31. The number of nitrogens with one attached hydrogen (secondary N) is 1. The minimum absolute atomic E-state index is 0.0552. The number of hydrogen-bond acceptors (Lipinski definition) is 1. The van der Waals surface area contributed by atoms with Gasteiger partial charge in [-0.25, -0.2) is 0 Å². The summed E-state index contributed by atoms with van der Waals surface area (Å²) in [7, 11) is 0. The van der Waals surface area contributed by atoms with E-state index < -0.39 is 5.41 Å². The zero-order chi connectivity index (χ0) is 15.5. The van der Waals surface area contributed by atoms with Crippen LogP contribution in [0.3, 0.4) is 0 Å². The van der Waals surface area contributed by atoms with E-state index >= 15 is 0 Å². The topological polar surface area (TPSA) is 29.1 Å². The van der Waals surface area contributed by atoms with Crippen LogP contribution in [0.25, 0.3) is 0 Å². The second-order valence-corrected chi connectivity index (χ2v) is 6.42. The zero-order valence-electron chi connectivity index (χ0n) is 13.2. The molecule has 2 aromatic carbocycles. The number of aryl methyl sites for hydroxylation is 1. The summed E-state index contributed by atoms with van der Waals surface area (Å²) in [6.07, 6.45) is 0. The molecule has 2 heteroatoms. The van der Waals surface area contributed by atoms with Crippen LogP contribution in [0.15, 0.2) is 54.6 Å². The van der Waals surface area contributed by atoms with Crippen LogP contribution >= 0.6 is 0 Å². The summed E-state index contributed by atoms with van der Waals surface area (Å²) in [5.74, 6) is 0.0552. The molecule has 0 aromatic heterocycles. The van der Waals surface area contributed by atoms with Crippen LogP contribution in [0.4, 0.5) is 0 Å². The van der Waals surface area contributed by atoms with Crippen LogP contribution in [0, 0.1) is 12.3 Å². The molecule has 0 unspecified atom stereocenters. The van der Waals surface area contributed by atoms with Gasteiger partial charge in [-0.3, -0.25) is 4.79 Å². The summed E-state index contributed by atoms with van der Waals surface area (Å²) in [5.41, 5.74) is 3.02. The quantitative estimate of drug-likeness (QED) is 0.895. The van der Waals surface area contributed by atoms with Gasteiger partial charge in [0.15, 0.2) is 0 Å². The monoisotopic (exact) mass is 281 g/mol. The van der Waals surface area contributed by atoms with Crippen LogP contribution in [0.5, 0.6) is 0 Å². The molecule has 0 saturated carbocycles. The highest BCUT2D eigenvalue weighted by molar-refractivity contribution is 5.82. The third kappa shape index (κ3) is 3.72. The summed E-state index contributed by atoms with van der Waals surface area (Å²) in [5, 5.41) is 3.19. The highest BCUT2D eigenvalue weighted by atomic mass is 16.2. The molecule has 0 saturated heterocycles. The lowest BCUT2D eigenvalue weighted by Crippen LogP contribution is -2.38. The smallest absolute Gasteiger partial charge is 0.226 e. The van der Waals surface area contributed by atoms with Gasteiger partial charge in [-0.2, -0.15) is 0 Å². The number of benzene rings is 2. The molecule has 2 aromatic rings. The normalized spacial score (nSPS) is 12.8. The predicted octanol–water partition coefficient (Wildman–Crippen LogP) is 4.25. The van der Waals surface area contributed by atoms with Crippen molar-refractivity contribution < 1.29 is 4.79 Å². The van der Waals surface area contributed by atoms with E-state index in [-0.39, 0.29) is 11.9 Å². The maximum absolute atomic E-state index is 12.4. The van der Waals surface area contributed by atoms with Gasteiger partial charge in [-0.1, -0.05) is 75.4 Å². The molecule has 0 aliphatic heterocycles. The largest absolute Gasteiger partial charge is 0.345 e. The Bertz CT molecular complexity index is 611. The maximum atomic E-state index is 12.4. The first kappa shape index (κ1) is 15.3. The molecule has 0 aliphatic carbocycles. The van der Waals surface area contributed by atoms with Gasteiger partial charge in [0.1, 0.15) is 0 Å². The molecule has 0 aliphatic rings. The molecule has 1 N–H and O–H groups in total. The molecule has 0 fully saturated rings. The molecule has 0 heterocycles. The van der Waals surface area contributed by atoms with Crippen molar-refractivity contribution in [2.24, 2.45) is 5.41 Å². The lowest BCUT2D eigenvalue weighted by atomic mass is 9.91. The fourth-order valence-electron chi connectivity index (χ4n) is 2.24. The fraction of sp³-hybridized carbons (Fsp3) is 0.316. The van der Waals surface area contributed by atoms with Crippen molar-refractivity contribution in [3.63, 3.8) is 0 Å². The molecule has 0 spiro atoms. The molecule has 2 rings (SSSR count). The van der Waals surface area contributed by atoms with E-state index in [1.807, 2.05) is 51.1 Å². The summed E-state index contributed by atoms with van der Waals surface area (Å²) < 4.78 is 0. The Morgan fingerprint density at radius 1 is 0.952 bits per heavy atom. The van der Waals surface area contributed by atoms with Crippen molar-refractivity contribution in [1.82, 2.24) is 5.32 Å². The van der Waals surface area contributed by atoms with Crippen LogP contribution < -0.4 is 5.32 Å². The second-order valence-electron chi connectivity index (χ2n) is 6.42. The van der Waals surface area contributed by atoms with Gasteiger partial charge in [0.25, 0.3) is 0 Å². The van der Waals surface area contributed by atoms with Gasteiger partial charge in [0, 0.05) is 5.41 Å². The van der Waals surface area contributed by atoms with Crippen molar-refractivity contribution in [3.05, 3.63) is 71.3 Å². The van der Waals surface area contributed by atoms with Gasteiger partial charge in [-0.15, -0.1) is 0 Å². The number of amides is 1. The van der Waals surface area contributed by atoms with Crippen LogP contribution in [0.1, 0.15) is 43.5 Å². The minimum atomic E-state index is -0.407. The van der Waals surface area contributed by atoms with E-state index in [0.29, 0.717) is 0 Å². The highest BCUT2D eigenvalue weighted by Crippen LogP contribution is 2.26. The van der Waals surface area contributed by atoms with Crippen molar-refractivity contribution >= 4 is 5.91 Å². The van der Waals surface area contributed by atoms with E-state index in [0.717, 1.165) is 11.1 Å². The zero-order valence-corrected chi connectivity index (χ0v) is 13.2. The van der Waals surface area contributed by atoms with E-state index in [1.54, 1.807) is 0 Å². The minimum Gasteiger partial charge on any atom is -0.345 e. The fourth-order valence-corrected chi connectivity index (χ4v) is 2.24. The highest BCUT2D eigenvalue weighted by Gasteiger charge is 2.26. The van der Waals surface area contributed by atoms with Crippen molar-refractivity contribution in [3.8, 4) is 0 Å². The molecule has 0 bridgehead atoms. The van der Waals surface area contributed by atoms with Gasteiger partial charge in [0.2, 0.25) is 5.91 Å². The standard InChI is InChI=1S/C19H23NO/c1-14-10-8-9-13-16(14)17(15-11-6-5-7-12-15)20-18(21)19(2,3)4/h5-13,17H,1-4H3,(H,20,21)/t17-/m1/s1. The third-order valence-electron chi connectivity index (χ3n) is 3.59. The summed E-state index contributed by atoms with van der Waals surface area (Å²) in [6, 6.07) is 18.2. The van der Waals surface area contributed by atoms with E-state index in [2.05, 4.69) is 36.5 Å². The van der Waals surface area contributed by atoms with E-state index in [4.69, 9.17) is 0 Å². The first-order chi connectivity index (χ1) is 9.89. The van der Waals surface area contributed by atoms with Crippen LogP contribution in [-0.4, -0.2) is 5.91 Å². The van der Waals surface area contributed by atoms with Crippen molar-refractivity contribution in [1.29, 1.82) is 0 Å². The Kier molecular flexibility index (Phi) is 4.46. The lowest BCUT2D eigenvalue weighted by molar-refractivity contribution is -0.129. The number of carbonyl (C=O) groups excluding carboxylic acids is 1. The Morgan fingerprint density at radius 3 is 2.10 bits per heavy atom. The Hall–Kier alpha value is -2.09. The summed E-state index contributed by atoms with van der Waals surface area (Å²) >= 11 is 0. The number of rotatable bonds is 3.